The third kappa shape index (κ3) is 3.88. The molecule has 0 saturated heterocycles. The van der Waals surface area contributed by atoms with Gasteiger partial charge in [0.2, 0.25) is 5.91 Å². The van der Waals surface area contributed by atoms with Crippen molar-refractivity contribution in [2.75, 3.05) is 13.2 Å². The molecule has 0 saturated carbocycles. The van der Waals surface area contributed by atoms with Crippen LogP contribution < -0.4 is 5.32 Å². The van der Waals surface area contributed by atoms with E-state index in [9.17, 15) is 9.59 Å². The summed E-state index contributed by atoms with van der Waals surface area (Å²) in [6.45, 7) is 7.48. The molecule has 0 radical (unpaired) electrons. The Labute approximate surface area is 112 Å². The first kappa shape index (κ1) is 14.8. The number of rotatable bonds is 3. The van der Waals surface area contributed by atoms with Crippen molar-refractivity contribution in [3.8, 4) is 11.8 Å². The number of amides is 1. The summed E-state index contributed by atoms with van der Waals surface area (Å²) in [7, 11) is 0. The zero-order valence-electron chi connectivity index (χ0n) is 11.6. The second kappa shape index (κ2) is 6.64. The van der Waals surface area contributed by atoms with Gasteiger partial charge in [0.05, 0.1) is 13.2 Å². The van der Waals surface area contributed by atoms with Crippen LogP contribution in [0.2, 0.25) is 0 Å². The number of nitrogens with one attached hydrogen (secondary N) is 2. The molecule has 1 aromatic heterocycles. The van der Waals surface area contributed by atoms with E-state index in [1.54, 1.807) is 6.92 Å². The predicted octanol–water partition coefficient (Wildman–Crippen LogP) is 1.30. The fourth-order valence-corrected chi connectivity index (χ4v) is 1.65. The van der Waals surface area contributed by atoms with Crippen LogP contribution in [0.4, 0.5) is 0 Å². The van der Waals surface area contributed by atoms with E-state index in [-0.39, 0.29) is 18.4 Å². The molecule has 0 fully saturated rings. The van der Waals surface area contributed by atoms with Gasteiger partial charge < -0.3 is 15.0 Å². The third-order valence-electron chi connectivity index (χ3n) is 2.56. The second-order valence-corrected chi connectivity index (χ2v) is 4.06. The summed E-state index contributed by atoms with van der Waals surface area (Å²) in [5.74, 6) is 5.30. The molecule has 0 unspecified atom stereocenters. The SMILES string of the molecule is CCOC(=O)c1[nH]c(C)c(C#CCNC(C)=O)c1C. The van der Waals surface area contributed by atoms with Gasteiger partial charge in [0.1, 0.15) is 5.69 Å². The number of hydrogen-bond acceptors (Lipinski definition) is 3. The average Bonchev–Trinajstić information content (AvgIpc) is 2.61. The zero-order chi connectivity index (χ0) is 14.4. The van der Waals surface area contributed by atoms with Crippen LogP contribution in [0.5, 0.6) is 0 Å². The zero-order valence-corrected chi connectivity index (χ0v) is 11.6. The Balaban J connectivity index is 2.91. The molecule has 0 bridgehead atoms. The van der Waals surface area contributed by atoms with Crippen molar-refractivity contribution >= 4 is 11.9 Å². The van der Waals surface area contributed by atoms with Crippen molar-refractivity contribution in [2.24, 2.45) is 0 Å². The largest absolute Gasteiger partial charge is 0.461 e. The fraction of sp³-hybridized carbons (Fsp3) is 0.429. The topological polar surface area (TPSA) is 71.2 Å². The molecule has 0 aromatic carbocycles. The van der Waals surface area contributed by atoms with Crippen molar-refractivity contribution in [1.82, 2.24) is 10.3 Å². The van der Waals surface area contributed by atoms with Crippen molar-refractivity contribution in [1.29, 1.82) is 0 Å². The van der Waals surface area contributed by atoms with Crippen LogP contribution in [0.3, 0.4) is 0 Å². The van der Waals surface area contributed by atoms with Crippen LogP contribution in [0.25, 0.3) is 0 Å². The molecule has 1 amide bonds. The molecule has 1 rings (SSSR count). The van der Waals surface area contributed by atoms with E-state index in [1.807, 2.05) is 13.8 Å². The molecular formula is C14H18N2O3. The lowest BCUT2D eigenvalue weighted by Crippen LogP contribution is -2.19. The fourth-order valence-electron chi connectivity index (χ4n) is 1.65. The average molecular weight is 262 g/mol. The molecule has 0 aliphatic carbocycles. The Bertz CT molecular complexity index is 547. The second-order valence-electron chi connectivity index (χ2n) is 4.06. The minimum Gasteiger partial charge on any atom is -0.461 e. The number of carbonyl (C=O) groups excluding carboxylic acids is 2. The van der Waals surface area contributed by atoms with Crippen LogP contribution in [0, 0.1) is 25.7 Å². The van der Waals surface area contributed by atoms with Crippen molar-refractivity contribution in [3.05, 3.63) is 22.5 Å². The monoisotopic (exact) mass is 262 g/mol. The maximum absolute atomic E-state index is 11.7. The number of ether oxygens (including phenoxy) is 1. The number of aromatic amines is 1. The highest BCUT2D eigenvalue weighted by Gasteiger charge is 2.16. The van der Waals surface area contributed by atoms with Crippen LogP contribution in [-0.2, 0) is 9.53 Å². The highest BCUT2D eigenvalue weighted by Crippen LogP contribution is 2.17. The van der Waals surface area contributed by atoms with Crippen LogP contribution in [0.1, 0.15) is 41.2 Å². The summed E-state index contributed by atoms with van der Waals surface area (Å²) in [5, 5.41) is 2.59. The van der Waals surface area contributed by atoms with Crippen LogP contribution in [-0.4, -0.2) is 30.0 Å². The van der Waals surface area contributed by atoms with Crippen molar-refractivity contribution < 1.29 is 14.3 Å². The number of hydrogen-bond donors (Lipinski definition) is 2. The summed E-state index contributed by atoms with van der Waals surface area (Å²) in [4.78, 5) is 25.4. The van der Waals surface area contributed by atoms with E-state index in [1.165, 1.54) is 6.92 Å². The Morgan fingerprint density at radius 2 is 2.05 bits per heavy atom. The van der Waals surface area contributed by atoms with Gasteiger partial charge in [-0.05, 0) is 26.3 Å². The normalized spacial score (nSPS) is 9.47. The summed E-state index contributed by atoms with van der Waals surface area (Å²) < 4.78 is 4.96. The predicted molar refractivity (Wildman–Crippen MR) is 71.8 cm³/mol. The minimum atomic E-state index is -0.377. The smallest absolute Gasteiger partial charge is 0.355 e. The first-order valence-corrected chi connectivity index (χ1v) is 6.07. The van der Waals surface area contributed by atoms with Gasteiger partial charge in [0.25, 0.3) is 0 Å². The van der Waals surface area contributed by atoms with E-state index in [0.29, 0.717) is 12.3 Å². The minimum absolute atomic E-state index is 0.121. The molecular weight excluding hydrogens is 244 g/mol. The quantitative estimate of drug-likeness (QED) is 0.637. The number of aromatic nitrogens is 1. The van der Waals surface area contributed by atoms with E-state index in [0.717, 1.165) is 16.8 Å². The highest BCUT2D eigenvalue weighted by atomic mass is 16.5. The van der Waals surface area contributed by atoms with E-state index in [2.05, 4.69) is 22.1 Å². The Morgan fingerprint density at radius 1 is 1.37 bits per heavy atom. The van der Waals surface area contributed by atoms with Gasteiger partial charge in [-0.3, -0.25) is 4.79 Å². The lowest BCUT2D eigenvalue weighted by atomic mass is 10.1. The molecule has 0 spiro atoms. The van der Waals surface area contributed by atoms with Gasteiger partial charge >= 0.3 is 5.97 Å². The summed E-state index contributed by atoms with van der Waals surface area (Å²) in [6.07, 6.45) is 0. The van der Waals surface area contributed by atoms with Crippen LogP contribution in [0.15, 0.2) is 0 Å². The molecule has 1 aromatic rings. The summed E-state index contributed by atoms with van der Waals surface area (Å²) in [5.41, 5.74) is 2.79. The number of esters is 1. The number of aryl methyl sites for hydroxylation is 1. The summed E-state index contributed by atoms with van der Waals surface area (Å²) in [6, 6.07) is 0. The van der Waals surface area contributed by atoms with Gasteiger partial charge in [-0.2, -0.15) is 0 Å². The first-order valence-electron chi connectivity index (χ1n) is 6.07. The molecule has 0 aliphatic rings. The van der Waals surface area contributed by atoms with Crippen LogP contribution >= 0.6 is 0 Å². The van der Waals surface area contributed by atoms with Gasteiger partial charge in [-0.15, -0.1) is 0 Å². The molecule has 5 heteroatoms. The van der Waals surface area contributed by atoms with Crippen molar-refractivity contribution in [2.45, 2.75) is 27.7 Å². The molecule has 2 N–H and O–H groups in total. The van der Waals surface area contributed by atoms with E-state index in [4.69, 9.17) is 4.74 Å². The molecule has 5 nitrogen and oxygen atoms in total. The lowest BCUT2D eigenvalue weighted by Gasteiger charge is -1.99. The van der Waals surface area contributed by atoms with Gasteiger partial charge in [0, 0.05) is 18.2 Å². The Morgan fingerprint density at radius 3 is 2.63 bits per heavy atom. The maximum atomic E-state index is 11.7. The maximum Gasteiger partial charge on any atom is 0.355 e. The molecule has 102 valence electrons. The van der Waals surface area contributed by atoms with Gasteiger partial charge in [0.15, 0.2) is 0 Å². The number of carbonyl (C=O) groups is 2. The highest BCUT2D eigenvalue weighted by molar-refractivity contribution is 5.90. The van der Waals surface area contributed by atoms with E-state index < -0.39 is 0 Å². The van der Waals surface area contributed by atoms with Crippen molar-refractivity contribution in [3.63, 3.8) is 0 Å². The van der Waals surface area contributed by atoms with Gasteiger partial charge in [-0.25, -0.2) is 4.79 Å². The molecule has 1 heterocycles. The third-order valence-corrected chi connectivity index (χ3v) is 2.56. The Kier molecular flexibility index (Phi) is 5.19. The van der Waals surface area contributed by atoms with Gasteiger partial charge in [-0.1, -0.05) is 11.8 Å². The standard InChI is InChI=1S/C14H18N2O3/c1-5-19-14(18)13-9(2)12(10(3)16-13)7-6-8-15-11(4)17/h16H,5,8H2,1-4H3,(H,15,17). The molecule has 0 aliphatic heterocycles. The lowest BCUT2D eigenvalue weighted by molar-refractivity contribution is -0.118. The Hall–Kier alpha value is -2.22. The first-order chi connectivity index (χ1) is 8.97. The molecule has 0 atom stereocenters. The number of H-pyrrole nitrogens is 1. The molecule has 19 heavy (non-hydrogen) atoms. The summed E-state index contributed by atoms with van der Waals surface area (Å²) >= 11 is 0. The van der Waals surface area contributed by atoms with E-state index >= 15 is 0 Å².